The van der Waals surface area contributed by atoms with Crippen LogP contribution < -0.4 is 0 Å². The lowest BCUT2D eigenvalue weighted by Crippen LogP contribution is -2.60. The van der Waals surface area contributed by atoms with E-state index in [4.69, 9.17) is 0 Å². The van der Waals surface area contributed by atoms with E-state index >= 15 is 0 Å². The third-order valence-electron chi connectivity index (χ3n) is 7.76. The van der Waals surface area contributed by atoms with Gasteiger partial charge in [0.15, 0.2) is 5.78 Å². The second-order valence-corrected chi connectivity index (χ2v) is 8.63. The highest BCUT2D eigenvalue weighted by atomic mass is 16.3. The summed E-state index contributed by atoms with van der Waals surface area (Å²) in [6, 6.07) is 0. The Kier molecular flexibility index (Phi) is 3.21. The molecule has 0 aromatic rings. The molecule has 23 heavy (non-hydrogen) atoms. The predicted octanol–water partition coefficient (Wildman–Crippen LogP) is 2.03. The number of aliphatic hydroxyl groups excluding tert-OH is 2. The third-order valence-corrected chi connectivity index (χ3v) is 7.76. The van der Waals surface area contributed by atoms with Gasteiger partial charge in [-0.3, -0.25) is 9.59 Å². The molecule has 0 saturated heterocycles. The van der Waals surface area contributed by atoms with Crippen LogP contribution in [0.2, 0.25) is 0 Å². The first-order valence-electron chi connectivity index (χ1n) is 8.93. The number of carbonyl (C=O) groups excluding carboxylic acids is 2. The molecule has 0 heterocycles. The molecule has 2 N–H and O–H groups in total. The Morgan fingerprint density at radius 2 is 1.70 bits per heavy atom. The number of Topliss-reactive ketones (excluding diaryl/α,β-unsaturated/α-hetero) is 1. The molecule has 2 unspecified atom stereocenters. The predicted molar refractivity (Wildman–Crippen MR) is 84.5 cm³/mol. The Balaban J connectivity index is 1.79. The molecule has 0 radical (unpaired) electrons. The first-order chi connectivity index (χ1) is 10.8. The lowest BCUT2D eigenvalue weighted by molar-refractivity contribution is -0.154. The summed E-state index contributed by atoms with van der Waals surface area (Å²) in [5.74, 6) is 0.760. The molecule has 0 amide bonds. The van der Waals surface area contributed by atoms with Gasteiger partial charge in [0.25, 0.3) is 0 Å². The number of ketones is 2. The van der Waals surface area contributed by atoms with Crippen LogP contribution in [0.1, 0.15) is 52.4 Å². The molecule has 3 saturated carbocycles. The first kappa shape index (κ1) is 15.5. The largest absolute Gasteiger partial charge is 0.390 e. The van der Waals surface area contributed by atoms with Crippen LogP contribution in [0.25, 0.3) is 0 Å². The summed E-state index contributed by atoms with van der Waals surface area (Å²) in [6.45, 7) is 4.21. The number of rotatable bonds is 0. The number of fused-ring (bicyclic) bond motifs is 5. The molecule has 0 spiro atoms. The van der Waals surface area contributed by atoms with E-state index in [0.29, 0.717) is 18.6 Å². The van der Waals surface area contributed by atoms with Crippen LogP contribution in [0.5, 0.6) is 0 Å². The average Bonchev–Trinajstić information content (AvgIpc) is 2.82. The van der Waals surface area contributed by atoms with Crippen LogP contribution in [0.4, 0.5) is 0 Å². The quantitative estimate of drug-likeness (QED) is 0.717. The molecule has 3 fully saturated rings. The second-order valence-electron chi connectivity index (χ2n) is 8.63. The number of carbonyl (C=O) groups is 2. The van der Waals surface area contributed by atoms with Gasteiger partial charge in [-0.05, 0) is 60.5 Å². The summed E-state index contributed by atoms with van der Waals surface area (Å²) in [6.07, 6.45) is 4.23. The van der Waals surface area contributed by atoms with Crippen LogP contribution in [0.3, 0.4) is 0 Å². The minimum atomic E-state index is -0.969. The molecule has 4 heteroatoms. The minimum Gasteiger partial charge on any atom is -0.390 e. The summed E-state index contributed by atoms with van der Waals surface area (Å²) in [5.41, 5.74) is 0.184. The van der Waals surface area contributed by atoms with Gasteiger partial charge in [0, 0.05) is 18.3 Å². The van der Waals surface area contributed by atoms with E-state index in [1.807, 2.05) is 0 Å². The maximum atomic E-state index is 12.4. The number of aliphatic hydroxyl groups is 2. The van der Waals surface area contributed by atoms with Crippen molar-refractivity contribution < 1.29 is 19.8 Å². The third kappa shape index (κ3) is 1.85. The Morgan fingerprint density at radius 3 is 2.43 bits per heavy atom. The fourth-order valence-corrected chi connectivity index (χ4v) is 6.34. The summed E-state index contributed by atoms with van der Waals surface area (Å²) >= 11 is 0. The van der Waals surface area contributed by atoms with Crippen molar-refractivity contribution in [3.05, 3.63) is 11.6 Å². The summed E-state index contributed by atoms with van der Waals surface area (Å²) < 4.78 is 0. The zero-order valence-corrected chi connectivity index (χ0v) is 13.9. The van der Waals surface area contributed by atoms with E-state index < -0.39 is 12.2 Å². The van der Waals surface area contributed by atoms with Crippen molar-refractivity contribution >= 4 is 11.6 Å². The smallest absolute Gasteiger partial charge is 0.155 e. The van der Waals surface area contributed by atoms with Crippen molar-refractivity contribution in [3.8, 4) is 0 Å². The highest BCUT2D eigenvalue weighted by molar-refractivity contribution is 5.92. The molecular weight excluding hydrogens is 292 g/mol. The van der Waals surface area contributed by atoms with Crippen molar-refractivity contribution in [1.82, 2.24) is 0 Å². The van der Waals surface area contributed by atoms with Crippen molar-refractivity contribution in [2.75, 3.05) is 0 Å². The zero-order chi connectivity index (χ0) is 16.6. The highest BCUT2D eigenvalue weighted by Gasteiger charge is 2.63. The van der Waals surface area contributed by atoms with Crippen LogP contribution in [0, 0.1) is 28.6 Å². The molecule has 0 bridgehead atoms. The number of hydrogen-bond acceptors (Lipinski definition) is 4. The van der Waals surface area contributed by atoms with Gasteiger partial charge in [0.1, 0.15) is 11.9 Å². The fraction of sp³-hybridized carbons (Fsp3) is 0.789. The maximum absolute atomic E-state index is 12.4. The lowest BCUT2D eigenvalue weighted by atomic mass is 9.46. The van der Waals surface area contributed by atoms with E-state index in [-0.39, 0.29) is 34.4 Å². The van der Waals surface area contributed by atoms with Gasteiger partial charge in [-0.1, -0.05) is 13.8 Å². The molecule has 4 aliphatic carbocycles. The van der Waals surface area contributed by atoms with Gasteiger partial charge in [-0.15, -0.1) is 0 Å². The van der Waals surface area contributed by atoms with Crippen LogP contribution >= 0.6 is 0 Å². The Labute approximate surface area is 137 Å². The second kappa shape index (κ2) is 4.76. The van der Waals surface area contributed by atoms with Gasteiger partial charge < -0.3 is 10.2 Å². The van der Waals surface area contributed by atoms with Gasteiger partial charge in [0.2, 0.25) is 0 Å². The van der Waals surface area contributed by atoms with Crippen molar-refractivity contribution in [2.24, 2.45) is 28.6 Å². The SMILES string of the molecule is C[C@]12CCC(=O)C=C1C(O)C(O)[C@@H]1[C@H]2CC[C@]2(C)C(=O)CC[C@@H]12. The molecule has 4 rings (SSSR count). The minimum absolute atomic E-state index is 0.0365. The molecular formula is C19H26O4. The monoisotopic (exact) mass is 318 g/mol. The highest BCUT2D eigenvalue weighted by Crippen LogP contribution is 2.64. The van der Waals surface area contributed by atoms with E-state index in [9.17, 15) is 19.8 Å². The van der Waals surface area contributed by atoms with Crippen LogP contribution in [-0.2, 0) is 9.59 Å². The molecule has 4 nitrogen and oxygen atoms in total. The zero-order valence-electron chi connectivity index (χ0n) is 13.9. The Hall–Kier alpha value is -1.00. The van der Waals surface area contributed by atoms with E-state index in [0.717, 1.165) is 31.3 Å². The van der Waals surface area contributed by atoms with E-state index in [2.05, 4.69) is 13.8 Å². The molecule has 126 valence electrons. The van der Waals surface area contributed by atoms with Gasteiger partial charge in [0.05, 0.1) is 6.10 Å². The Morgan fingerprint density at radius 1 is 1.00 bits per heavy atom. The summed E-state index contributed by atoms with van der Waals surface area (Å²) in [5, 5.41) is 21.6. The van der Waals surface area contributed by atoms with E-state index in [1.54, 1.807) is 6.08 Å². The van der Waals surface area contributed by atoms with Gasteiger partial charge in [-0.2, -0.15) is 0 Å². The van der Waals surface area contributed by atoms with Crippen molar-refractivity contribution in [3.63, 3.8) is 0 Å². The van der Waals surface area contributed by atoms with E-state index in [1.165, 1.54) is 0 Å². The lowest BCUT2D eigenvalue weighted by Gasteiger charge is -2.59. The summed E-state index contributed by atoms with van der Waals surface area (Å²) in [4.78, 5) is 24.2. The first-order valence-corrected chi connectivity index (χ1v) is 8.93. The number of hydrogen-bond donors (Lipinski definition) is 2. The maximum Gasteiger partial charge on any atom is 0.155 e. The van der Waals surface area contributed by atoms with Crippen molar-refractivity contribution in [1.29, 1.82) is 0 Å². The topological polar surface area (TPSA) is 74.6 Å². The van der Waals surface area contributed by atoms with Crippen LogP contribution in [-0.4, -0.2) is 34.0 Å². The molecule has 4 aliphatic rings. The average molecular weight is 318 g/mol. The molecule has 7 atom stereocenters. The fourth-order valence-electron chi connectivity index (χ4n) is 6.34. The Bertz CT molecular complexity index is 608. The van der Waals surface area contributed by atoms with Crippen LogP contribution in [0.15, 0.2) is 11.6 Å². The molecule has 0 aliphatic heterocycles. The van der Waals surface area contributed by atoms with Crippen molar-refractivity contribution in [2.45, 2.75) is 64.6 Å². The molecule has 0 aromatic heterocycles. The molecule has 0 aromatic carbocycles. The van der Waals surface area contributed by atoms with Gasteiger partial charge in [-0.25, -0.2) is 0 Å². The normalized spacial score (nSPS) is 52.5. The van der Waals surface area contributed by atoms with Gasteiger partial charge >= 0.3 is 0 Å². The standard InChI is InChI=1S/C19H26O4/c1-18-7-5-10(20)9-13(18)16(22)17(23)15-11-3-4-14(21)19(11,2)8-6-12(15)18/h9,11-12,15-17,22-23H,3-8H2,1-2H3/t11-,12+,15-,16?,17?,18+,19-/m0/s1. The summed E-state index contributed by atoms with van der Waals surface area (Å²) in [7, 11) is 0.